The van der Waals surface area contributed by atoms with Crippen LogP contribution in [-0.4, -0.2) is 47.0 Å². The highest BCUT2D eigenvalue weighted by Crippen LogP contribution is 2.40. The zero-order valence-electron chi connectivity index (χ0n) is 18.4. The van der Waals surface area contributed by atoms with Gasteiger partial charge in [0, 0.05) is 42.5 Å². The van der Waals surface area contributed by atoms with Crippen molar-refractivity contribution in [1.29, 1.82) is 0 Å². The van der Waals surface area contributed by atoms with Gasteiger partial charge in [0.1, 0.15) is 16.5 Å². The number of carbonyl (C=O) groups is 1. The molecule has 5 nitrogen and oxygen atoms in total. The van der Waals surface area contributed by atoms with Crippen LogP contribution in [0.3, 0.4) is 0 Å². The van der Waals surface area contributed by atoms with Gasteiger partial charge in [0.15, 0.2) is 0 Å². The number of aryl methyl sites for hydroxylation is 2. The Balaban J connectivity index is 1.45. The zero-order valence-corrected chi connectivity index (χ0v) is 19.2. The van der Waals surface area contributed by atoms with E-state index in [2.05, 4.69) is 18.7 Å². The van der Waals surface area contributed by atoms with Crippen LogP contribution in [-0.2, 0) is 12.8 Å². The number of benzene rings is 1. The Morgan fingerprint density at radius 2 is 1.81 bits per heavy atom. The van der Waals surface area contributed by atoms with Gasteiger partial charge in [0.25, 0.3) is 5.91 Å². The van der Waals surface area contributed by atoms with E-state index in [4.69, 9.17) is 9.97 Å². The van der Waals surface area contributed by atoms with Crippen molar-refractivity contribution in [3.8, 4) is 0 Å². The normalized spacial score (nSPS) is 17.6. The zero-order chi connectivity index (χ0) is 21.4. The van der Waals surface area contributed by atoms with Crippen molar-refractivity contribution in [2.45, 2.75) is 51.9 Å². The summed E-state index contributed by atoms with van der Waals surface area (Å²) in [7, 11) is 0. The predicted molar refractivity (Wildman–Crippen MR) is 127 cm³/mol. The van der Waals surface area contributed by atoms with Crippen molar-refractivity contribution >= 4 is 33.3 Å². The minimum Gasteiger partial charge on any atom is -0.352 e. The van der Waals surface area contributed by atoms with Crippen LogP contribution in [0.15, 0.2) is 30.3 Å². The van der Waals surface area contributed by atoms with Crippen molar-refractivity contribution in [3.05, 3.63) is 52.2 Å². The summed E-state index contributed by atoms with van der Waals surface area (Å²) in [5, 5.41) is 1.29. The van der Waals surface area contributed by atoms with E-state index >= 15 is 0 Å². The quantitative estimate of drug-likeness (QED) is 0.577. The molecule has 0 spiro atoms. The lowest BCUT2D eigenvalue weighted by atomic mass is 9.96. The third-order valence-corrected chi connectivity index (χ3v) is 7.94. The fraction of sp³-hybridized carbons (Fsp3) is 0.480. The van der Waals surface area contributed by atoms with Crippen LogP contribution in [0.5, 0.6) is 0 Å². The van der Waals surface area contributed by atoms with Gasteiger partial charge >= 0.3 is 0 Å². The first-order chi connectivity index (χ1) is 15.2. The first kappa shape index (κ1) is 20.4. The highest BCUT2D eigenvalue weighted by atomic mass is 32.1. The monoisotopic (exact) mass is 434 g/mol. The van der Waals surface area contributed by atoms with E-state index in [1.54, 1.807) is 0 Å². The molecule has 1 fully saturated rings. The predicted octanol–water partition coefficient (Wildman–Crippen LogP) is 5.05. The van der Waals surface area contributed by atoms with Crippen LogP contribution < -0.4 is 4.90 Å². The van der Waals surface area contributed by atoms with E-state index in [0.29, 0.717) is 5.92 Å². The molecule has 5 rings (SSSR count). The number of rotatable bonds is 4. The molecule has 1 atom stereocenters. The number of amides is 1. The highest BCUT2D eigenvalue weighted by molar-refractivity contribution is 7.19. The smallest absolute Gasteiger partial charge is 0.253 e. The summed E-state index contributed by atoms with van der Waals surface area (Å²) in [6, 6.07) is 9.61. The highest BCUT2D eigenvalue weighted by Gasteiger charge is 2.28. The molecule has 2 aromatic heterocycles. The lowest BCUT2D eigenvalue weighted by Crippen LogP contribution is -2.49. The summed E-state index contributed by atoms with van der Waals surface area (Å²) in [6.07, 6.45) is 5.88. The first-order valence-corrected chi connectivity index (χ1v) is 12.4. The Morgan fingerprint density at radius 3 is 2.55 bits per heavy atom. The molecule has 1 aliphatic carbocycles. The standard InChI is InChI=1S/C25H30N4OS/c1-3-17(2)22-26-23(21-19-11-7-8-12-20(19)31-24(21)27-22)28-13-15-29(16-14-28)25(30)18-9-5-4-6-10-18/h4-6,9-10,17H,3,7-8,11-16H2,1-2H3. The molecule has 6 heteroatoms. The number of fused-ring (bicyclic) bond motifs is 3. The Kier molecular flexibility index (Phi) is 5.65. The number of aromatic nitrogens is 2. The summed E-state index contributed by atoms with van der Waals surface area (Å²) < 4.78 is 0. The van der Waals surface area contributed by atoms with E-state index in [-0.39, 0.29) is 5.91 Å². The molecular weight excluding hydrogens is 404 g/mol. The van der Waals surface area contributed by atoms with Crippen LogP contribution in [0.4, 0.5) is 5.82 Å². The number of thiophene rings is 1. The molecule has 2 aliphatic rings. The van der Waals surface area contributed by atoms with Crippen LogP contribution in [0.25, 0.3) is 10.2 Å². The van der Waals surface area contributed by atoms with Gasteiger partial charge in [0.05, 0.1) is 5.39 Å². The number of carbonyl (C=O) groups excluding carboxylic acids is 1. The molecule has 1 saturated heterocycles. The molecule has 3 aromatic rings. The number of nitrogens with zero attached hydrogens (tertiary/aromatic N) is 4. The Bertz CT molecular complexity index is 1090. The maximum Gasteiger partial charge on any atom is 0.253 e. The average Bonchev–Trinajstić information content (AvgIpc) is 3.21. The topological polar surface area (TPSA) is 49.3 Å². The summed E-state index contributed by atoms with van der Waals surface area (Å²) in [5.41, 5.74) is 2.26. The summed E-state index contributed by atoms with van der Waals surface area (Å²) in [6.45, 7) is 7.50. The SMILES string of the molecule is CCC(C)c1nc(N2CCN(C(=O)c3ccccc3)CC2)c2c3c(sc2n1)CCCC3. The van der Waals surface area contributed by atoms with Crippen molar-refractivity contribution in [1.82, 2.24) is 14.9 Å². The molecule has 0 saturated carbocycles. The van der Waals surface area contributed by atoms with Gasteiger partial charge in [-0.05, 0) is 49.8 Å². The molecule has 0 radical (unpaired) electrons. The Hall–Kier alpha value is -2.47. The van der Waals surface area contributed by atoms with Crippen LogP contribution in [0, 0.1) is 0 Å². The molecule has 3 heterocycles. The number of piperazine rings is 1. The van der Waals surface area contributed by atoms with E-state index in [9.17, 15) is 4.79 Å². The van der Waals surface area contributed by atoms with E-state index in [1.807, 2.05) is 46.6 Å². The third kappa shape index (κ3) is 3.82. The molecule has 0 N–H and O–H groups in total. The van der Waals surface area contributed by atoms with Crippen LogP contribution >= 0.6 is 11.3 Å². The summed E-state index contributed by atoms with van der Waals surface area (Å²) in [5.74, 6) is 2.54. The van der Waals surface area contributed by atoms with Gasteiger partial charge < -0.3 is 9.80 Å². The Morgan fingerprint density at radius 1 is 1.06 bits per heavy atom. The first-order valence-electron chi connectivity index (χ1n) is 11.6. The van der Waals surface area contributed by atoms with Gasteiger partial charge in [-0.25, -0.2) is 9.97 Å². The van der Waals surface area contributed by atoms with Gasteiger partial charge in [-0.2, -0.15) is 0 Å². The van der Waals surface area contributed by atoms with Gasteiger partial charge in [0.2, 0.25) is 0 Å². The molecule has 1 aliphatic heterocycles. The summed E-state index contributed by atoms with van der Waals surface area (Å²) >= 11 is 1.88. The number of anilines is 1. The molecule has 31 heavy (non-hydrogen) atoms. The fourth-order valence-corrected chi connectivity index (χ4v) is 5.93. The molecule has 1 aromatic carbocycles. The van der Waals surface area contributed by atoms with Gasteiger partial charge in [-0.3, -0.25) is 4.79 Å². The minimum atomic E-state index is 0.126. The number of hydrogen-bond acceptors (Lipinski definition) is 5. The van der Waals surface area contributed by atoms with Crippen LogP contribution in [0.2, 0.25) is 0 Å². The van der Waals surface area contributed by atoms with E-state index in [0.717, 1.165) is 61.1 Å². The van der Waals surface area contributed by atoms with Crippen molar-refractivity contribution < 1.29 is 4.79 Å². The molecule has 1 amide bonds. The van der Waals surface area contributed by atoms with Crippen molar-refractivity contribution in [3.63, 3.8) is 0 Å². The lowest BCUT2D eigenvalue weighted by Gasteiger charge is -2.36. The average molecular weight is 435 g/mol. The van der Waals surface area contributed by atoms with Crippen molar-refractivity contribution in [2.24, 2.45) is 0 Å². The lowest BCUT2D eigenvalue weighted by molar-refractivity contribution is 0.0746. The maximum atomic E-state index is 12.9. The second-order valence-corrected chi connectivity index (χ2v) is 9.83. The maximum absolute atomic E-state index is 12.9. The molecule has 0 bridgehead atoms. The fourth-order valence-electron chi connectivity index (χ4n) is 4.67. The third-order valence-electron chi connectivity index (χ3n) is 6.75. The van der Waals surface area contributed by atoms with Gasteiger partial charge in [-0.1, -0.05) is 32.0 Å². The second-order valence-electron chi connectivity index (χ2n) is 8.75. The van der Waals surface area contributed by atoms with E-state index in [1.165, 1.54) is 35.1 Å². The Labute approximate surface area is 188 Å². The second kappa shape index (κ2) is 8.58. The molecule has 1 unspecified atom stereocenters. The molecule has 162 valence electrons. The molecular formula is C25H30N4OS. The minimum absolute atomic E-state index is 0.126. The largest absolute Gasteiger partial charge is 0.352 e. The van der Waals surface area contributed by atoms with Crippen LogP contribution in [0.1, 0.15) is 65.7 Å². The van der Waals surface area contributed by atoms with Gasteiger partial charge in [-0.15, -0.1) is 11.3 Å². The van der Waals surface area contributed by atoms with Crippen molar-refractivity contribution in [2.75, 3.05) is 31.1 Å². The summed E-state index contributed by atoms with van der Waals surface area (Å²) in [4.78, 5) is 30.0. The number of hydrogen-bond donors (Lipinski definition) is 0. The van der Waals surface area contributed by atoms with E-state index < -0.39 is 0 Å².